The number of aromatic nitrogens is 2. The van der Waals surface area contributed by atoms with Crippen molar-refractivity contribution in [3.05, 3.63) is 39.4 Å². The summed E-state index contributed by atoms with van der Waals surface area (Å²) in [6, 6.07) is 4.84. The number of ether oxygens (including phenoxy) is 1. The van der Waals surface area contributed by atoms with Crippen molar-refractivity contribution in [1.29, 1.82) is 0 Å². The Labute approximate surface area is 174 Å². The summed E-state index contributed by atoms with van der Waals surface area (Å²) in [7, 11) is 1.51. The van der Waals surface area contributed by atoms with Crippen LogP contribution >= 0.6 is 11.6 Å². The van der Waals surface area contributed by atoms with E-state index in [0.717, 1.165) is 0 Å². The molecule has 2 aromatic rings. The average molecular weight is 423 g/mol. The molecule has 8 nitrogen and oxygen atoms in total. The molecule has 0 aliphatic rings. The Bertz CT molecular complexity index is 952. The van der Waals surface area contributed by atoms with Crippen LogP contribution in [0.25, 0.3) is 10.9 Å². The molecule has 0 spiro atoms. The molecule has 1 aromatic carbocycles. The van der Waals surface area contributed by atoms with Crippen molar-refractivity contribution < 1.29 is 14.3 Å². The molecule has 1 aromatic heterocycles. The summed E-state index contributed by atoms with van der Waals surface area (Å²) in [4.78, 5) is 47.1. The van der Waals surface area contributed by atoms with E-state index < -0.39 is 11.7 Å². The Morgan fingerprint density at radius 1 is 1.28 bits per heavy atom. The zero-order valence-corrected chi connectivity index (χ0v) is 18.2. The Morgan fingerprint density at radius 2 is 1.97 bits per heavy atom. The first-order valence-electron chi connectivity index (χ1n) is 9.40. The van der Waals surface area contributed by atoms with E-state index in [1.54, 1.807) is 43.9 Å². The lowest BCUT2D eigenvalue weighted by Crippen LogP contribution is -2.43. The summed E-state index contributed by atoms with van der Waals surface area (Å²) in [5, 5.41) is 0.901. The van der Waals surface area contributed by atoms with Crippen molar-refractivity contribution in [3.63, 3.8) is 0 Å². The maximum Gasteiger partial charge on any atom is 0.410 e. The van der Waals surface area contributed by atoms with Gasteiger partial charge in [-0.2, -0.15) is 0 Å². The largest absolute Gasteiger partial charge is 0.444 e. The van der Waals surface area contributed by atoms with Gasteiger partial charge in [-0.25, -0.2) is 9.78 Å². The predicted octanol–water partition coefficient (Wildman–Crippen LogP) is 3.18. The molecule has 2 rings (SSSR count). The van der Waals surface area contributed by atoms with Crippen LogP contribution in [0.3, 0.4) is 0 Å². The van der Waals surface area contributed by atoms with E-state index in [2.05, 4.69) is 9.97 Å². The van der Waals surface area contributed by atoms with Crippen molar-refractivity contribution in [1.82, 2.24) is 19.8 Å². The predicted molar refractivity (Wildman–Crippen MR) is 112 cm³/mol. The Hall–Kier alpha value is -2.61. The summed E-state index contributed by atoms with van der Waals surface area (Å²) in [5.74, 6) is 0.0838. The summed E-state index contributed by atoms with van der Waals surface area (Å²) in [6.07, 6.45) is 0.139. The lowest BCUT2D eigenvalue weighted by Gasteiger charge is -2.27. The Morgan fingerprint density at radius 3 is 2.59 bits per heavy atom. The number of nitrogens with zero attached hydrogens (tertiary/aromatic N) is 3. The number of nitrogens with one attached hydrogen (secondary N) is 1. The number of carbonyl (C=O) groups is 2. The molecule has 0 saturated heterocycles. The molecule has 0 unspecified atom stereocenters. The number of fused-ring (bicyclic) bond motifs is 1. The first-order valence-corrected chi connectivity index (χ1v) is 9.78. The smallest absolute Gasteiger partial charge is 0.410 e. The molecule has 0 atom stereocenters. The van der Waals surface area contributed by atoms with Gasteiger partial charge in [-0.05, 0) is 45.4 Å². The van der Waals surface area contributed by atoms with Crippen LogP contribution in [-0.4, -0.2) is 57.5 Å². The van der Waals surface area contributed by atoms with Crippen LogP contribution in [0.1, 0.15) is 39.9 Å². The number of hydrogen-bond acceptors (Lipinski definition) is 5. The molecular formula is C20H27ClN4O4. The number of H-pyrrole nitrogens is 1. The third kappa shape index (κ3) is 6.45. The second-order valence-corrected chi connectivity index (χ2v) is 8.26. The van der Waals surface area contributed by atoms with Gasteiger partial charge in [-0.1, -0.05) is 18.5 Å². The third-order valence-electron chi connectivity index (χ3n) is 3.98. The molecule has 1 N–H and O–H groups in total. The summed E-state index contributed by atoms with van der Waals surface area (Å²) < 4.78 is 5.28. The van der Waals surface area contributed by atoms with Crippen molar-refractivity contribution in [3.8, 4) is 0 Å². The van der Waals surface area contributed by atoms with Crippen LogP contribution in [0.15, 0.2) is 23.0 Å². The molecule has 29 heavy (non-hydrogen) atoms. The van der Waals surface area contributed by atoms with Crippen LogP contribution < -0.4 is 5.56 Å². The molecule has 0 radical (unpaired) electrons. The second kappa shape index (κ2) is 9.26. The fourth-order valence-corrected chi connectivity index (χ4v) is 2.85. The highest BCUT2D eigenvalue weighted by Gasteiger charge is 2.23. The minimum Gasteiger partial charge on any atom is -0.444 e. The zero-order chi connectivity index (χ0) is 21.8. The van der Waals surface area contributed by atoms with Crippen LogP contribution in [0.4, 0.5) is 4.79 Å². The normalized spacial score (nSPS) is 11.4. The van der Waals surface area contributed by atoms with E-state index >= 15 is 0 Å². The van der Waals surface area contributed by atoms with E-state index in [1.165, 1.54) is 11.9 Å². The van der Waals surface area contributed by atoms with E-state index in [9.17, 15) is 14.4 Å². The summed E-state index contributed by atoms with van der Waals surface area (Å²) >= 11 is 6.00. The minimum atomic E-state index is -0.646. The van der Waals surface area contributed by atoms with Gasteiger partial charge in [0.05, 0.1) is 17.4 Å². The van der Waals surface area contributed by atoms with Gasteiger partial charge in [0.1, 0.15) is 18.0 Å². The SMILES string of the molecule is CCCN(Cc1nc2cc(Cl)ccc2c(=O)[nH]1)C(=O)CN(C)C(=O)OC(C)(C)C. The average Bonchev–Trinajstić information content (AvgIpc) is 2.59. The molecular weight excluding hydrogens is 396 g/mol. The Balaban J connectivity index is 2.17. The molecule has 1 heterocycles. The van der Waals surface area contributed by atoms with Gasteiger partial charge in [0.2, 0.25) is 5.91 Å². The molecule has 0 aliphatic carbocycles. The van der Waals surface area contributed by atoms with E-state index in [4.69, 9.17) is 16.3 Å². The number of amides is 2. The van der Waals surface area contributed by atoms with Gasteiger partial charge in [0, 0.05) is 18.6 Å². The molecule has 0 bridgehead atoms. The standard InChI is InChI=1S/C20H27ClN4O4/c1-6-9-25(17(26)12-24(5)19(28)29-20(2,3)4)11-16-22-15-10-13(21)7-8-14(15)18(27)23-16/h7-8,10H,6,9,11-12H2,1-5H3,(H,22,23,27). The third-order valence-corrected chi connectivity index (χ3v) is 4.22. The molecule has 2 amide bonds. The van der Waals surface area contributed by atoms with Crippen LogP contribution in [0.5, 0.6) is 0 Å². The minimum absolute atomic E-state index is 0.118. The molecule has 9 heteroatoms. The van der Waals surface area contributed by atoms with Crippen LogP contribution in [0, 0.1) is 0 Å². The van der Waals surface area contributed by atoms with Crippen LogP contribution in [-0.2, 0) is 16.1 Å². The maximum atomic E-state index is 12.8. The van der Waals surface area contributed by atoms with Crippen LogP contribution in [0.2, 0.25) is 5.02 Å². The highest BCUT2D eigenvalue weighted by Crippen LogP contribution is 2.15. The number of hydrogen-bond donors (Lipinski definition) is 1. The topological polar surface area (TPSA) is 95.6 Å². The second-order valence-electron chi connectivity index (χ2n) is 7.83. The van der Waals surface area contributed by atoms with Crippen molar-refractivity contribution in [2.24, 2.45) is 0 Å². The van der Waals surface area contributed by atoms with E-state index in [1.807, 2.05) is 6.92 Å². The van der Waals surface area contributed by atoms with E-state index in [0.29, 0.717) is 34.7 Å². The fraction of sp³-hybridized carbons (Fsp3) is 0.500. The van der Waals surface area contributed by atoms with Gasteiger partial charge in [0.15, 0.2) is 0 Å². The van der Waals surface area contributed by atoms with Gasteiger partial charge in [-0.3, -0.25) is 9.59 Å². The first-order chi connectivity index (χ1) is 13.5. The highest BCUT2D eigenvalue weighted by atomic mass is 35.5. The van der Waals surface area contributed by atoms with Gasteiger partial charge in [-0.15, -0.1) is 0 Å². The maximum absolute atomic E-state index is 12.8. The zero-order valence-electron chi connectivity index (χ0n) is 17.4. The summed E-state index contributed by atoms with van der Waals surface area (Å²) in [6.45, 7) is 7.66. The lowest BCUT2D eigenvalue weighted by molar-refractivity contribution is -0.132. The quantitative estimate of drug-likeness (QED) is 0.771. The molecule has 158 valence electrons. The first kappa shape index (κ1) is 22.7. The number of halogens is 1. The number of aromatic amines is 1. The van der Waals surface area contributed by atoms with Crippen molar-refractivity contribution in [2.45, 2.75) is 46.3 Å². The summed E-state index contributed by atoms with van der Waals surface area (Å²) in [5.41, 5.74) is -0.477. The van der Waals surface area contributed by atoms with Gasteiger partial charge in [0.25, 0.3) is 5.56 Å². The number of likely N-dealkylation sites (N-methyl/N-ethyl adjacent to an activating group) is 1. The molecule has 0 saturated carbocycles. The number of rotatable bonds is 6. The van der Waals surface area contributed by atoms with Crippen molar-refractivity contribution in [2.75, 3.05) is 20.1 Å². The number of carbonyl (C=O) groups excluding carboxylic acids is 2. The van der Waals surface area contributed by atoms with Crippen molar-refractivity contribution >= 4 is 34.5 Å². The monoisotopic (exact) mass is 422 g/mol. The molecule has 0 aliphatic heterocycles. The fourth-order valence-electron chi connectivity index (χ4n) is 2.69. The lowest BCUT2D eigenvalue weighted by atomic mass is 10.2. The van der Waals surface area contributed by atoms with E-state index in [-0.39, 0.29) is 24.6 Å². The van der Waals surface area contributed by atoms with Gasteiger partial charge < -0.3 is 19.5 Å². The molecule has 0 fully saturated rings. The Kier molecular flexibility index (Phi) is 7.24. The highest BCUT2D eigenvalue weighted by molar-refractivity contribution is 6.31. The number of benzene rings is 1. The van der Waals surface area contributed by atoms with Gasteiger partial charge >= 0.3 is 6.09 Å².